The summed E-state index contributed by atoms with van der Waals surface area (Å²) in [6, 6.07) is 0. The van der Waals surface area contributed by atoms with Crippen LogP contribution < -0.4 is 5.32 Å². The van der Waals surface area contributed by atoms with Crippen molar-refractivity contribution < 1.29 is 9.84 Å². The van der Waals surface area contributed by atoms with E-state index >= 15 is 0 Å². The van der Waals surface area contributed by atoms with Crippen LogP contribution in [0.1, 0.15) is 5.56 Å². The molecule has 6 heteroatoms. The first kappa shape index (κ1) is 14.5. The third-order valence-electron chi connectivity index (χ3n) is 3.23. The standard InChI is InChI=1S/C13H24N4O2/c1-12-8-15-17(10-12)3-2-14-9-13(18)11-16-4-6-19-7-5-16/h8,10,13-14,18H,2-7,9,11H2,1H3/t13-/m0/s1. The van der Waals surface area contributed by atoms with E-state index in [9.17, 15) is 5.11 Å². The first-order valence-electron chi connectivity index (χ1n) is 6.92. The molecule has 0 amide bonds. The van der Waals surface area contributed by atoms with Crippen LogP contribution in [0.2, 0.25) is 0 Å². The molecule has 108 valence electrons. The second-order valence-electron chi connectivity index (χ2n) is 5.05. The van der Waals surface area contributed by atoms with Crippen LogP contribution in [-0.4, -0.2) is 71.8 Å². The van der Waals surface area contributed by atoms with Crippen molar-refractivity contribution in [2.24, 2.45) is 0 Å². The van der Waals surface area contributed by atoms with Gasteiger partial charge in [-0.15, -0.1) is 0 Å². The van der Waals surface area contributed by atoms with E-state index in [4.69, 9.17) is 4.74 Å². The molecule has 1 aromatic rings. The fourth-order valence-corrected chi connectivity index (χ4v) is 2.20. The fraction of sp³-hybridized carbons (Fsp3) is 0.769. The molecular weight excluding hydrogens is 244 g/mol. The molecular formula is C13H24N4O2. The predicted molar refractivity (Wildman–Crippen MR) is 73.1 cm³/mol. The van der Waals surface area contributed by atoms with Crippen molar-refractivity contribution in [3.8, 4) is 0 Å². The molecule has 1 fully saturated rings. The van der Waals surface area contributed by atoms with Gasteiger partial charge in [0.1, 0.15) is 0 Å². The average Bonchev–Trinajstić information content (AvgIpc) is 2.82. The molecule has 1 atom stereocenters. The van der Waals surface area contributed by atoms with E-state index < -0.39 is 0 Å². The van der Waals surface area contributed by atoms with Gasteiger partial charge in [-0.2, -0.15) is 5.10 Å². The molecule has 2 rings (SSSR count). The Labute approximate surface area is 114 Å². The van der Waals surface area contributed by atoms with Crippen LogP contribution in [0.25, 0.3) is 0 Å². The Morgan fingerprint density at radius 1 is 1.47 bits per heavy atom. The maximum absolute atomic E-state index is 9.94. The van der Waals surface area contributed by atoms with Crippen molar-refractivity contribution in [1.82, 2.24) is 20.0 Å². The summed E-state index contributed by atoms with van der Waals surface area (Å²) in [4.78, 5) is 2.24. The summed E-state index contributed by atoms with van der Waals surface area (Å²) in [5.74, 6) is 0. The number of rotatable bonds is 7. The molecule has 0 unspecified atom stereocenters. The summed E-state index contributed by atoms with van der Waals surface area (Å²) >= 11 is 0. The van der Waals surface area contributed by atoms with Gasteiger partial charge in [-0.05, 0) is 12.5 Å². The minimum Gasteiger partial charge on any atom is -0.390 e. The van der Waals surface area contributed by atoms with Crippen LogP contribution in [0, 0.1) is 6.92 Å². The first-order chi connectivity index (χ1) is 9.24. The summed E-state index contributed by atoms with van der Waals surface area (Å²) in [6.07, 6.45) is 3.55. The van der Waals surface area contributed by atoms with E-state index in [-0.39, 0.29) is 6.10 Å². The van der Waals surface area contributed by atoms with Gasteiger partial charge >= 0.3 is 0 Å². The Balaban J connectivity index is 1.54. The summed E-state index contributed by atoms with van der Waals surface area (Å²) in [5, 5.41) is 17.4. The Morgan fingerprint density at radius 2 is 2.26 bits per heavy atom. The van der Waals surface area contributed by atoms with E-state index in [1.54, 1.807) is 0 Å². The molecule has 2 N–H and O–H groups in total. The number of morpholine rings is 1. The van der Waals surface area contributed by atoms with E-state index in [1.165, 1.54) is 5.56 Å². The number of hydrogen-bond donors (Lipinski definition) is 2. The molecule has 0 saturated carbocycles. The molecule has 1 aliphatic rings. The second-order valence-corrected chi connectivity index (χ2v) is 5.05. The SMILES string of the molecule is Cc1cnn(CCNC[C@H](O)CN2CCOCC2)c1. The third kappa shape index (κ3) is 5.28. The zero-order valence-corrected chi connectivity index (χ0v) is 11.6. The lowest BCUT2D eigenvalue weighted by Crippen LogP contribution is -2.44. The van der Waals surface area contributed by atoms with Crippen molar-refractivity contribution in [3.05, 3.63) is 18.0 Å². The van der Waals surface area contributed by atoms with Gasteiger partial charge in [-0.3, -0.25) is 9.58 Å². The van der Waals surface area contributed by atoms with Crippen LogP contribution in [-0.2, 0) is 11.3 Å². The maximum atomic E-state index is 9.94. The highest BCUT2D eigenvalue weighted by Crippen LogP contribution is 1.98. The molecule has 6 nitrogen and oxygen atoms in total. The lowest BCUT2D eigenvalue weighted by atomic mass is 10.3. The van der Waals surface area contributed by atoms with Gasteiger partial charge in [0.2, 0.25) is 0 Å². The summed E-state index contributed by atoms with van der Waals surface area (Å²) in [6.45, 7) is 8.42. The Morgan fingerprint density at radius 3 is 2.95 bits per heavy atom. The van der Waals surface area contributed by atoms with Gasteiger partial charge < -0.3 is 15.2 Å². The van der Waals surface area contributed by atoms with Crippen LogP contribution in [0.3, 0.4) is 0 Å². The number of nitrogens with one attached hydrogen (secondary N) is 1. The maximum Gasteiger partial charge on any atom is 0.0791 e. The quantitative estimate of drug-likeness (QED) is 0.651. The molecule has 0 aliphatic carbocycles. The second kappa shape index (κ2) is 7.59. The van der Waals surface area contributed by atoms with Gasteiger partial charge in [0.05, 0.1) is 32.1 Å². The van der Waals surface area contributed by atoms with Crippen LogP contribution in [0.5, 0.6) is 0 Å². The zero-order valence-electron chi connectivity index (χ0n) is 11.6. The largest absolute Gasteiger partial charge is 0.390 e. The van der Waals surface area contributed by atoms with E-state index in [0.29, 0.717) is 6.54 Å². The zero-order chi connectivity index (χ0) is 13.5. The lowest BCUT2D eigenvalue weighted by Gasteiger charge is -2.28. The molecule has 1 aliphatic heterocycles. The summed E-state index contributed by atoms with van der Waals surface area (Å²) < 4.78 is 7.20. The van der Waals surface area contributed by atoms with Crippen LogP contribution >= 0.6 is 0 Å². The average molecular weight is 268 g/mol. The van der Waals surface area contributed by atoms with Crippen molar-refractivity contribution in [3.63, 3.8) is 0 Å². The molecule has 2 heterocycles. The van der Waals surface area contributed by atoms with E-state index in [1.807, 2.05) is 24.0 Å². The summed E-state index contributed by atoms with van der Waals surface area (Å²) in [7, 11) is 0. The Hall–Kier alpha value is -0.950. The van der Waals surface area contributed by atoms with Crippen molar-refractivity contribution >= 4 is 0 Å². The van der Waals surface area contributed by atoms with Crippen LogP contribution in [0.15, 0.2) is 12.4 Å². The Kier molecular flexibility index (Phi) is 5.78. The fourth-order valence-electron chi connectivity index (χ4n) is 2.20. The minimum absolute atomic E-state index is 0.322. The van der Waals surface area contributed by atoms with E-state index in [0.717, 1.165) is 45.9 Å². The number of aliphatic hydroxyl groups is 1. The first-order valence-corrected chi connectivity index (χ1v) is 6.92. The summed E-state index contributed by atoms with van der Waals surface area (Å²) in [5.41, 5.74) is 1.17. The number of nitrogens with zero attached hydrogens (tertiary/aromatic N) is 3. The van der Waals surface area contributed by atoms with Gasteiger partial charge in [0.25, 0.3) is 0 Å². The highest BCUT2D eigenvalue weighted by molar-refractivity contribution is 4.99. The molecule has 19 heavy (non-hydrogen) atoms. The van der Waals surface area contributed by atoms with Gasteiger partial charge in [0.15, 0.2) is 0 Å². The number of aliphatic hydroxyl groups excluding tert-OH is 1. The monoisotopic (exact) mass is 268 g/mol. The van der Waals surface area contributed by atoms with Gasteiger partial charge in [0, 0.05) is 38.9 Å². The predicted octanol–water partition coefficient (Wildman–Crippen LogP) is -0.526. The van der Waals surface area contributed by atoms with Gasteiger partial charge in [-0.1, -0.05) is 0 Å². The third-order valence-corrected chi connectivity index (χ3v) is 3.23. The molecule has 1 saturated heterocycles. The van der Waals surface area contributed by atoms with Crippen molar-refractivity contribution in [1.29, 1.82) is 0 Å². The molecule has 1 aromatic heterocycles. The van der Waals surface area contributed by atoms with E-state index in [2.05, 4.69) is 15.3 Å². The number of aromatic nitrogens is 2. The van der Waals surface area contributed by atoms with Gasteiger partial charge in [-0.25, -0.2) is 0 Å². The normalized spacial score (nSPS) is 18.6. The number of ether oxygens (including phenoxy) is 1. The lowest BCUT2D eigenvalue weighted by molar-refractivity contribution is 0.0149. The molecule has 0 radical (unpaired) electrons. The number of β-amino-alcohol motifs (C(OH)–C–C–N with tert-alkyl or cyclic N) is 1. The highest BCUT2D eigenvalue weighted by Gasteiger charge is 2.14. The Bertz CT molecular complexity index is 363. The molecule has 0 aromatic carbocycles. The molecule has 0 spiro atoms. The smallest absolute Gasteiger partial charge is 0.0791 e. The topological polar surface area (TPSA) is 62.5 Å². The highest BCUT2D eigenvalue weighted by atomic mass is 16.5. The number of aryl methyl sites for hydroxylation is 1. The van der Waals surface area contributed by atoms with Crippen molar-refractivity contribution in [2.75, 3.05) is 45.9 Å². The minimum atomic E-state index is -0.322. The molecule has 0 bridgehead atoms. The number of hydrogen-bond acceptors (Lipinski definition) is 5. The van der Waals surface area contributed by atoms with Crippen LogP contribution in [0.4, 0.5) is 0 Å². The van der Waals surface area contributed by atoms with Crippen molar-refractivity contribution in [2.45, 2.75) is 19.6 Å².